The fourth-order valence-corrected chi connectivity index (χ4v) is 3.99. The van der Waals surface area contributed by atoms with Crippen LogP contribution in [0.5, 0.6) is 0 Å². The van der Waals surface area contributed by atoms with Crippen LogP contribution in [0, 0.1) is 6.92 Å². The molecule has 0 saturated heterocycles. The average Bonchev–Trinajstić information content (AvgIpc) is 3.43. The maximum atomic E-state index is 13.0. The second-order valence-electron chi connectivity index (χ2n) is 7.53. The Morgan fingerprint density at radius 2 is 2.07 bits per heavy atom. The molecule has 1 aliphatic rings. The first kappa shape index (κ1) is 18.6. The number of carbonyl (C=O) groups excluding carboxylic acids is 1. The van der Waals surface area contributed by atoms with E-state index in [1.54, 1.807) is 24.5 Å². The summed E-state index contributed by atoms with van der Waals surface area (Å²) < 4.78 is 10.8. The molecule has 0 aliphatic carbocycles. The Morgan fingerprint density at radius 3 is 2.90 bits per heavy atom. The molecule has 0 saturated carbocycles. The van der Waals surface area contributed by atoms with Gasteiger partial charge in [-0.2, -0.15) is 0 Å². The van der Waals surface area contributed by atoms with Crippen molar-refractivity contribution in [2.45, 2.75) is 19.9 Å². The topological polar surface area (TPSA) is 84.4 Å². The highest BCUT2D eigenvalue weighted by Gasteiger charge is 2.21. The molecule has 0 radical (unpaired) electrons. The Morgan fingerprint density at radius 1 is 1.20 bits per heavy atom. The third-order valence-electron chi connectivity index (χ3n) is 5.56. The van der Waals surface area contributed by atoms with E-state index in [2.05, 4.69) is 44.6 Å². The minimum atomic E-state index is -0.168. The summed E-state index contributed by atoms with van der Waals surface area (Å²) in [5.41, 5.74) is 4.80. The lowest BCUT2D eigenvalue weighted by Crippen LogP contribution is -2.37. The van der Waals surface area contributed by atoms with Gasteiger partial charge in [-0.25, -0.2) is 4.98 Å². The molecule has 1 N–H and O–H groups in total. The maximum Gasteiger partial charge on any atom is 0.259 e. The lowest BCUT2D eigenvalue weighted by atomic mass is 10.00. The first-order valence-corrected chi connectivity index (χ1v) is 10.1. The number of aryl methyl sites for hydroxylation is 1. The van der Waals surface area contributed by atoms with Crippen molar-refractivity contribution < 1.29 is 13.7 Å². The largest absolute Gasteiger partial charge is 0.463 e. The number of amides is 1. The molecule has 0 atom stereocenters. The molecule has 0 bridgehead atoms. The van der Waals surface area contributed by atoms with Gasteiger partial charge in [0.2, 0.25) is 0 Å². The highest BCUT2D eigenvalue weighted by atomic mass is 16.5. The zero-order chi connectivity index (χ0) is 20.5. The number of hydrogen-bond donors (Lipinski definition) is 1. The van der Waals surface area contributed by atoms with Crippen molar-refractivity contribution in [3.63, 3.8) is 0 Å². The van der Waals surface area contributed by atoms with Crippen molar-refractivity contribution in [3.05, 3.63) is 71.1 Å². The van der Waals surface area contributed by atoms with Crippen LogP contribution in [-0.4, -0.2) is 40.6 Å². The van der Waals surface area contributed by atoms with Crippen molar-refractivity contribution in [1.29, 1.82) is 0 Å². The third kappa shape index (κ3) is 3.48. The Labute approximate surface area is 173 Å². The lowest BCUT2D eigenvalue weighted by Gasteiger charge is -2.28. The fraction of sp³-hybridized carbons (Fsp3) is 0.261. The van der Waals surface area contributed by atoms with E-state index < -0.39 is 0 Å². The Kier molecular flexibility index (Phi) is 4.80. The molecular formula is C23H22N4O3. The summed E-state index contributed by atoms with van der Waals surface area (Å²) in [7, 11) is 0. The Hall–Kier alpha value is -3.45. The number of hydrogen-bond acceptors (Lipinski definition) is 6. The number of carbonyl (C=O) groups is 1. The molecule has 7 heteroatoms. The van der Waals surface area contributed by atoms with Gasteiger partial charge in [0.05, 0.1) is 22.9 Å². The molecule has 0 unspecified atom stereocenters. The van der Waals surface area contributed by atoms with E-state index in [0.29, 0.717) is 40.4 Å². The number of benzene rings is 1. The van der Waals surface area contributed by atoms with Crippen LogP contribution in [-0.2, 0) is 13.0 Å². The van der Waals surface area contributed by atoms with Gasteiger partial charge < -0.3 is 14.3 Å². The van der Waals surface area contributed by atoms with Gasteiger partial charge in [0.15, 0.2) is 5.76 Å². The fourth-order valence-electron chi connectivity index (χ4n) is 3.99. The molecule has 152 valence electrons. The molecule has 1 amide bonds. The number of nitrogens with zero attached hydrogens (tertiary/aromatic N) is 3. The van der Waals surface area contributed by atoms with E-state index in [9.17, 15) is 4.79 Å². The summed E-state index contributed by atoms with van der Waals surface area (Å²) in [6.07, 6.45) is 2.62. The Balaban J connectivity index is 1.31. The van der Waals surface area contributed by atoms with Crippen LogP contribution >= 0.6 is 0 Å². The number of fused-ring (bicyclic) bond motifs is 2. The monoisotopic (exact) mass is 402 g/mol. The molecule has 4 heterocycles. The SMILES string of the molecule is Cc1noc2nc(-c3ccco3)cc(C(=O)NCCN3CCc4ccccc4C3)c12. The van der Waals surface area contributed by atoms with Gasteiger partial charge in [0, 0.05) is 26.2 Å². The van der Waals surface area contributed by atoms with Gasteiger partial charge in [0.25, 0.3) is 11.6 Å². The van der Waals surface area contributed by atoms with E-state index in [1.165, 1.54) is 11.1 Å². The number of pyridine rings is 1. The smallest absolute Gasteiger partial charge is 0.259 e. The van der Waals surface area contributed by atoms with Crippen molar-refractivity contribution in [3.8, 4) is 11.5 Å². The van der Waals surface area contributed by atoms with E-state index in [0.717, 1.165) is 26.1 Å². The number of nitrogens with one attached hydrogen (secondary N) is 1. The molecule has 7 nitrogen and oxygen atoms in total. The molecule has 0 fully saturated rings. The van der Waals surface area contributed by atoms with Crippen molar-refractivity contribution >= 4 is 17.0 Å². The van der Waals surface area contributed by atoms with Crippen molar-refractivity contribution in [1.82, 2.24) is 20.4 Å². The van der Waals surface area contributed by atoms with Gasteiger partial charge in [-0.05, 0) is 42.7 Å². The van der Waals surface area contributed by atoms with Crippen LogP contribution in [0.4, 0.5) is 0 Å². The first-order chi connectivity index (χ1) is 14.7. The van der Waals surface area contributed by atoms with Gasteiger partial charge in [-0.15, -0.1) is 0 Å². The highest BCUT2D eigenvalue weighted by molar-refractivity contribution is 6.06. The number of aromatic nitrogens is 2. The summed E-state index contributed by atoms with van der Waals surface area (Å²) in [6.45, 7) is 5.08. The minimum absolute atomic E-state index is 0.168. The molecule has 4 aromatic rings. The van der Waals surface area contributed by atoms with E-state index >= 15 is 0 Å². The molecule has 0 spiro atoms. The molecule has 1 aliphatic heterocycles. The Bertz CT molecular complexity index is 1200. The van der Waals surface area contributed by atoms with Crippen LogP contribution in [0.1, 0.15) is 27.2 Å². The van der Waals surface area contributed by atoms with E-state index in [-0.39, 0.29) is 5.91 Å². The quantitative estimate of drug-likeness (QED) is 0.549. The summed E-state index contributed by atoms with van der Waals surface area (Å²) in [6, 6.07) is 13.9. The minimum Gasteiger partial charge on any atom is -0.463 e. The summed E-state index contributed by atoms with van der Waals surface area (Å²) >= 11 is 0. The van der Waals surface area contributed by atoms with Crippen LogP contribution in [0.25, 0.3) is 22.6 Å². The van der Waals surface area contributed by atoms with Crippen molar-refractivity contribution in [2.75, 3.05) is 19.6 Å². The first-order valence-electron chi connectivity index (χ1n) is 10.1. The van der Waals surface area contributed by atoms with E-state index in [1.807, 2.05) is 6.92 Å². The normalized spacial score (nSPS) is 14.0. The predicted octanol–water partition coefficient (Wildman–Crippen LogP) is 3.58. The number of rotatable bonds is 5. The van der Waals surface area contributed by atoms with Crippen molar-refractivity contribution in [2.24, 2.45) is 0 Å². The molecule has 5 rings (SSSR count). The second kappa shape index (κ2) is 7.76. The lowest BCUT2D eigenvalue weighted by molar-refractivity contribution is 0.0949. The van der Waals surface area contributed by atoms with Gasteiger partial charge >= 0.3 is 0 Å². The standard InChI is InChI=1S/C23H22N4O3/c1-15-21-18(13-19(20-7-4-12-29-20)25-23(21)30-26-15)22(28)24-9-11-27-10-8-16-5-2-3-6-17(16)14-27/h2-7,12-13H,8-11,14H2,1H3,(H,24,28). The molecule has 3 aromatic heterocycles. The van der Waals surface area contributed by atoms with E-state index in [4.69, 9.17) is 8.94 Å². The highest BCUT2D eigenvalue weighted by Crippen LogP contribution is 2.27. The molecule has 30 heavy (non-hydrogen) atoms. The zero-order valence-electron chi connectivity index (χ0n) is 16.7. The third-order valence-corrected chi connectivity index (χ3v) is 5.56. The van der Waals surface area contributed by atoms with Crippen LogP contribution < -0.4 is 5.32 Å². The van der Waals surface area contributed by atoms with Crippen LogP contribution in [0.2, 0.25) is 0 Å². The van der Waals surface area contributed by atoms with Gasteiger partial charge in [-0.1, -0.05) is 29.4 Å². The summed E-state index contributed by atoms with van der Waals surface area (Å²) in [5, 5.41) is 7.66. The summed E-state index contributed by atoms with van der Waals surface area (Å²) in [4.78, 5) is 19.8. The predicted molar refractivity (Wildman–Crippen MR) is 112 cm³/mol. The van der Waals surface area contributed by atoms with Crippen LogP contribution in [0.3, 0.4) is 0 Å². The zero-order valence-corrected chi connectivity index (χ0v) is 16.7. The van der Waals surface area contributed by atoms with Gasteiger partial charge in [-0.3, -0.25) is 9.69 Å². The van der Waals surface area contributed by atoms with Gasteiger partial charge in [0.1, 0.15) is 5.69 Å². The number of furan rings is 1. The molecule has 1 aromatic carbocycles. The second-order valence-corrected chi connectivity index (χ2v) is 7.53. The summed E-state index contributed by atoms with van der Waals surface area (Å²) in [5.74, 6) is 0.408. The average molecular weight is 402 g/mol. The molecular weight excluding hydrogens is 380 g/mol. The van der Waals surface area contributed by atoms with Crippen LogP contribution in [0.15, 0.2) is 57.7 Å². The maximum absolute atomic E-state index is 13.0.